The lowest BCUT2D eigenvalue weighted by molar-refractivity contribution is 0.198. The first-order valence-electron chi connectivity index (χ1n) is 5.07. The van der Waals surface area contributed by atoms with Crippen molar-refractivity contribution in [2.75, 3.05) is 13.2 Å². The smallest absolute Gasteiger partial charge is 0.269 e. The Bertz CT molecular complexity index is 462. The average Bonchev–Trinajstić information content (AvgIpc) is 3.05. The molecule has 0 saturated carbocycles. The maximum atomic E-state index is 5.30. The van der Waals surface area contributed by atoms with Gasteiger partial charge in [0, 0.05) is 24.8 Å². The summed E-state index contributed by atoms with van der Waals surface area (Å²) in [6.07, 6.45) is 9.80. The van der Waals surface area contributed by atoms with E-state index in [1.807, 2.05) is 0 Å². The average molecular weight is 282 g/mol. The lowest BCUT2D eigenvalue weighted by Crippen LogP contribution is -2.18. The summed E-state index contributed by atoms with van der Waals surface area (Å²) in [4.78, 5) is 7.73. The predicted octanol–water partition coefficient (Wildman–Crippen LogP) is 1.08. The molecular weight excluding hydrogens is 272 g/mol. The molecule has 0 atom stereocenters. The minimum Gasteiger partial charge on any atom is -0.467 e. The van der Waals surface area contributed by atoms with Crippen LogP contribution in [0.25, 0.3) is 0 Å². The topological polar surface area (TPSA) is 54.1 Å². The van der Waals surface area contributed by atoms with E-state index in [1.54, 1.807) is 46.6 Å². The second-order valence-corrected chi connectivity index (χ2v) is 3.87. The van der Waals surface area contributed by atoms with Crippen molar-refractivity contribution < 1.29 is 9.47 Å². The molecule has 0 radical (unpaired) electrons. The van der Waals surface area contributed by atoms with Gasteiger partial charge in [-0.3, -0.25) is 9.13 Å². The van der Waals surface area contributed by atoms with E-state index in [0.717, 1.165) is 0 Å². The number of hydrogen-bond donors (Lipinski definition) is 0. The molecule has 0 bridgehead atoms. The van der Waals surface area contributed by atoms with Crippen molar-refractivity contribution >= 4 is 34.8 Å². The molecule has 0 spiro atoms. The maximum Gasteiger partial charge on any atom is 0.269 e. The van der Waals surface area contributed by atoms with Crippen molar-refractivity contribution in [2.24, 2.45) is 0 Å². The van der Waals surface area contributed by atoms with Crippen LogP contribution in [0.2, 0.25) is 0 Å². The zero-order valence-corrected chi connectivity index (χ0v) is 10.9. The van der Waals surface area contributed by atoms with E-state index in [-0.39, 0.29) is 0 Å². The van der Waals surface area contributed by atoms with Crippen LogP contribution in [-0.2, 0) is 9.47 Å². The zero-order chi connectivity index (χ0) is 12.8. The first-order chi connectivity index (χ1) is 8.77. The highest BCUT2D eigenvalue weighted by Gasteiger charge is 2.02. The zero-order valence-electron chi connectivity index (χ0n) is 9.30. The summed E-state index contributed by atoms with van der Waals surface area (Å²) in [5.74, 6) is 0. The van der Waals surface area contributed by atoms with E-state index < -0.39 is 0 Å². The number of ether oxygens (including phenoxy) is 2. The molecule has 18 heavy (non-hydrogen) atoms. The van der Waals surface area contributed by atoms with Gasteiger partial charge in [-0.2, -0.15) is 0 Å². The van der Waals surface area contributed by atoms with Crippen LogP contribution in [-0.4, -0.2) is 42.7 Å². The molecular formula is C10H10N4O2S2. The summed E-state index contributed by atoms with van der Waals surface area (Å²) in [5.41, 5.74) is 0. The van der Waals surface area contributed by atoms with E-state index in [4.69, 9.17) is 33.9 Å². The van der Waals surface area contributed by atoms with Crippen LogP contribution in [0.1, 0.15) is 0 Å². The van der Waals surface area contributed by atoms with Gasteiger partial charge in [0.2, 0.25) is 0 Å². The van der Waals surface area contributed by atoms with E-state index in [1.165, 1.54) is 0 Å². The SMILES string of the molecule is S=C(OCCOC(=S)n1ccnc1)n1ccnc1. The fourth-order valence-corrected chi connectivity index (χ4v) is 1.52. The highest BCUT2D eigenvalue weighted by atomic mass is 32.1. The third-order valence-corrected chi connectivity index (χ3v) is 2.62. The number of aromatic nitrogens is 4. The molecule has 94 valence electrons. The number of hydrogen-bond acceptors (Lipinski definition) is 6. The molecule has 0 aliphatic heterocycles. The van der Waals surface area contributed by atoms with E-state index in [2.05, 4.69) is 9.97 Å². The molecule has 2 rings (SSSR count). The molecule has 0 unspecified atom stereocenters. The second-order valence-electron chi connectivity index (χ2n) is 3.17. The number of rotatable bonds is 3. The van der Waals surface area contributed by atoms with Gasteiger partial charge in [0.05, 0.1) is 0 Å². The summed E-state index contributed by atoms with van der Waals surface area (Å²) in [5, 5.41) is 0.647. The van der Waals surface area contributed by atoms with Crippen LogP contribution in [0, 0.1) is 0 Å². The van der Waals surface area contributed by atoms with Crippen molar-refractivity contribution in [3.8, 4) is 0 Å². The molecule has 8 heteroatoms. The molecule has 0 fully saturated rings. The fraction of sp³-hybridized carbons (Fsp3) is 0.200. The third kappa shape index (κ3) is 3.34. The van der Waals surface area contributed by atoms with Crippen molar-refractivity contribution in [1.29, 1.82) is 0 Å². The van der Waals surface area contributed by atoms with Gasteiger partial charge >= 0.3 is 0 Å². The lowest BCUT2D eigenvalue weighted by atomic mass is 10.7. The highest BCUT2D eigenvalue weighted by Crippen LogP contribution is 1.93. The Hall–Kier alpha value is -1.80. The second kappa shape index (κ2) is 6.22. The first kappa shape index (κ1) is 12.7. The highest BCUT2D eigenvalue weighted by molar-refractivity contribution is 7.80. The Kier molecular flexibility index (Phi) is 4.37. The largest absolute Gasteiger partial charge is 0.467 e. The normalized spacial score (nSPS) is 10.0. The predicted molar refractivity (Wildman–Crippen MR) is 72.4 cm³/mol. The number of thiocarbonyl (C=S) groups is 2. The standard InChI is InChI=1S/C10H10N4O2S2/c17-9(13-3-1-11-7-13)15-5-6-16-10(18)14-4-2-12-8-14/h1-4,7-8H,5-6H2. The lowest BCUT2D eigenvalue weighted by Gasteiger charge is -2.09. The van der Waals surface area contributed by atoms with Crippen LogP contribution in [0.5, 0.6) is 0 Å². The Morgan fingerprint density at radius 1 is 0.889 bits per heavy atom. The Morgan fingerprint density at radius 3 is 1.67 bits per heavy atom. The van der Waals surface area contributed by atoms with Crippen molar-refractivity contribution in [1.82, 2.24) is 19.1 Å². The number of nitrogens with zero attached hydrogens (tertiary/aromatic N) is 4. The van der Waals surface area contributed by atoms with Crippen molar-refractivity contribution in [3.63, 3.8) is 0 Å². The molecule has 2 heterocycles. The van der Waals surface area contributed by atoms with Crippen molar-refractivity contribution in [3.05, 3.63) is 37.4 Å². The van der Waals surface area contributed by atoms with Crippen LogP contribution < -0.4 is 0 Å². The van der Waals surface area contributed by atoms with Gasteiger partial charge in [-0.05, 0) is 24.4 Å². The van der Waals surface area contributed by atoms with Gasteiger partial charge in [0.15, 0.2) is 0 Å². The molecule has 0 N–H and O–H groups in total. The minimum atomic E-state index is 0.311. The molecule has 0 saturated heterocycles. The fourth-order valence-electron chi connectivity index (χ4n) is 1.14. The Morgan fingerprint density at radius 2 is 1.33 bits per heavy atom. The summed E-state index contributed by atoms with van der Waals surface area (Å²) in [7, 11) is 0. The molecule has 0 aliphatic rings. The van der Waals surface area contributed by atoms with Gasteiger partial charge in [-0.15, -0.1) is 0 Å². The van der Waals surface area contributed by atoms with E-state index >= 15 is 0 Å². The van der Waals surface area contributed by atoms with Gasteiger partial charge < -0.3 is 9.47 Å². The molecule has 6 nitrogen and oxygen atoms in total. The van der Waals surface area contributed by atoms with Crippen LogP contribution in [0.3, 0.4) is 0 Å². The Balaban J connectivity index is 1.67. The third-order valence-electron chi connectivity index (χ3n) is 1.96. The molecule has 2 aromatic heterocycles. The van der Waals surface area contributed by atoms with Crippen molar-refractivity contribution in [2.45, 2.75) is 0 Å². The van der Waals surface area contributed by atoms with Crippen LogP contribution in [0.4, 0.5) is 0 Å². The summed E-state index contributed by atoms with van der Waals surface area (Å²) < 4.78 is 13.8. The van der Waals surface area contributed by atoms with Gasteiger partial charge in [-0.1, -0.05) is 0 Å². The van der Waals surface area contributed by atoms with Crippen LogP contribution in [0.15, 0.2) is 37.4 Å². The molecule has 0 aliphatic carbocycles. The molecule has 2 aromatic rings. The summed E-state index contributed by atoms with van der Waals surface area (Å²) in [6, 6.07) is 0. The van der Waals surface area contributed by atoms with Crippen LogP contribution >= 0.6 is 24.4 Å². The summed E-state index contributed by atoms with van der Waals surface area (Å²) >= 11 is 10.1. The monoisotopic (exact) mass is 282 g/mol. The maximum absolute atomic E-state index is 5.30. The Labute approximate surface area is 114 Å². The van der Waals surface area contributed by atoms with Gasteiger partial charge in [0.1, 0.15) is 25.9 Å². The minimum absolute atomic E-state index is 0.311. The van der Waals surface area contributed by atoms with E-state index in [0.29, 0.717) is 23.6 Å². The number of imidazole rings is 2. The first-order valence-corrected chi connectivity index (χ1v) is 5.89. The summed E-state index contributed by atoms with van der Waals surface area (Å²) in [6.45, 7) is 0.623. The van der Waals surface area contributed by atoms with Gasteiger partial charge in [-0.25, -0.2) is 9.97 Å². The van der Waals surface area contributed by atoms with Gasteiger partial charge in [0.25, 0.3) is 10.3 Å². The van der Waals surface area contributed by atoms with E-state index in [9.17, 15) is 0 Å². The quantitative estimate of drug-likeness (QED) is 0.620. The molecule has 0 amide bonds. The molecule has 0 aromatic carbocycles.